The van der Waals surface area contributed by atoms with Crippen molar-refractivity contribution in [3.8, 4) is 11.6 Å². The Morgan fingerprint density at radius 2 is 1.93 bits per heavy atom. The lowest BCUT2D eigenvalue weighted by Crippen LogP contribution is -2.40. The van der Waals surface area contributed by atoms with Crippen molar-refractivity contribution in [3.63, 3.8) is 0 Å². The number of hydrogen-bond acceptors (Lipinski definition) is 4. The van der Waals surface area contributed by atoms with E-state index >= 15 is 0 Å². The number of piperidine rings is 1. The molecule has 1 aliphatic heterocycles. The van der Waals surface area contributed by atoms with E-state index in [2.05, 4.69) is 20.3 Å². The molecule has 28 heavy (non-hydrogen) atoms. The minimum atomic E-state index is -0.115. The third-order valence-electron chi connectivity index (χ3n) is 4.77. The number of H-pyrrole nitrogens is 1. The Hall–Kier alpha value is -3.06. The molecule has 3 heterocycles. The first-order valence-corrected chi connectivity index (χ1v) is 9.49. The first kappa shape index (κ1) is 18.3. The number of aromatic nitrogens is 3. The second-order valence-corrected chi connectivity index (χ2v) is 7.08. The van der Waals surface area contributed by atoms with Crippen molar-refractivity contribution in [3.05, 3.63) is 65.8 Å². The molecule has 1 saturated heterocycles. The van der Waals surface area contributed by atoms with E-state index in [4.69, 9.17) is 16.3 Å². The summed E-state index contributed by atoms with van der Waals surface area (Å²) in [5, 5.41) is 3.54. The summed E-state index contributed by atoms with van der Waals surface area (Å²) in [7, 11) is 0. The summed E-state index contributed by atoms with van der Waals surface area (Å²) >= 11 is 5.86. The smallest absolute Gasteiger partial charge is 0.321 e. The van der Waals surface area contributed by atoms with Crippen LogP contribution in [-0.2, 0) is 0 Å². The second-order valence-electron chi connectivity index (χ2n) is 6.64. The van der Waals surface area contributed by atoms with Crippen molar-refractivity contribution in [2.24, 2.45) is 0 Å². The quantitative estimate of drug-likeness (QED) is 0.670. The van der Waals surface area contributed by atoms with Gasteiger partial charge in [0.15, 0.2) is 0 Å². The van der Waals surface area contributed by atoms with E-state index in [0.717, 1.165) is 18.5 Å². The van der Waals surface area contributed by atoms with Crippen LogP contribution < -0.4 is 10.1 Å². The molecule has 0 spiro atoms. The third-order valence-corrected chi connectivity index (χ3v) is 5.02. The number of urea groups is 1. The summed E-state index contributed by atoms with van der Waals surface area (Å²) in [4.78, 5) is 25.8. The van der Waals surface area contributed by atoms with Gasteiger partial charge < -0.3 is 19.9 Å². The summed E-state index contributed by atoms with van der Waals surface area (Å²) < 4.78 is 5.66. The molecule has 1 aliphatic rings. The fourth-order valence-electron chi connectivity index (χ4n) is 3.22. The van der Waals surface area contributed by atoms with E-state index < -0.39 is 0 Å². The lowest BCUT2D eigenvalue weighted by atomic mass is 9.94. The van der Waals surface area contributed by atoms with Gasteiger partial charge in [0.25, 0.3) is 0 Å². The summed E-state index contributed by atoms with van der Waals surface area (Å²) in [6.07, 6.45) is 6.98. The molecule has 3 aromatic rings. The van der Waals surface area contributed by atoms with Crippen LogP contribution in [0.1, 0.15) is 24.5 Å². The number of imidazole rings is 1. The standard InChI is InChI=1S/C20H20ClN5O2/c21-15-1-4-17(5-2-15)28-19-6-3-16(11-23-19)25-20(27)26-9-7-14(8-10-26)18-12-22-13-24-18/h1-6,11-14H,7-10H2,(H,22,24)(H,25,27). The maximum Gasteiger partial charge on any atom is 0.321 e. The Kier molecular flexibility index (Phi) is 5.43. The van der Waals surface area contributed by atoms with E-state index in [9.17, 15) is 4.79 Å². The average Bonchev–Trinajstić information content (AvgIpc) is 3.26. The normalized spacial score (nSPS) is 14.7. The summed E-state index contributed by atoms with van der Waals surface area (Å²) in [5.74, 6) is 1.52. The molecule has 1 fully saturated rings. The van der Waals surface area contributed by atoms with Crippen molar-refractivity contribution in [2.45, 2.75) is 18.8 Å². The van der Waals surface area contributed by atoms with Crippen LogP contribution in [0.2, 0.25) is 5.02 Å². The highest BCUT2D eigenvalue weighted by atomic mass is 35.5. The minimum absolute atomic E-state index is 0.115. The zero-order valence-electron chi connectivity index (χ0n) is 15.1. The summed E-state index contributed by atoms with van der Waals surface area (Å²) in [5.41, 5.74) is 1.77. The number of halogens is 1. The molecule has 0 saturated carbocycles. The van der Waals surface area contributed by atoms with Gasteiger partial charge in [-0.1, -0.05) is 11.6 Å². The number of anilines is 1. The van der Waals surface area contributed by atoms with E-state index in [1.54, 1.807) is 48.9 Å². The first-order chi connectivity index (χ1) is 13.7. The molecule has 2 amide bonds. The van der Waals surface area contributed by atoms with Crippen molar-refractivity contribution < 1.29 is 9.53 Å². The van der Waals surface area contributed by atoms with Gasteiger partial charge in [-0.15, -0.1) is 0 Å². The van der Waals surface area contributed by atoms with Crippen LogP contribution in [0.5, 0.6) is 11.6 Å². The molecular weight excluding hydrogens is 378 g/mol. The van der Waals surface area contributed by atoms with Gasteiger partial charge in [0, 0.05) is 42.0 Å². The lowest BCUT2D eigenvalue weighted by molar-refractivity contribution is 0.194. The molecule has 7 nitrogen and oxygen atoms in total. The highest BCUT2D eigenvalue weighted by Gasteiger charge is 2.24. The van der Waals surface area contributed by atoms with Crippen LogP contribution in [0.15, 0.2) is 55.1 Å². The van der Waals surface area contributed by atoms with E-state index in [0.29, 0.717) is 41.3 Å². The molecule has 0 radical (unpaired) electrons. The van der Waals surface area contributed by atoms with Gasteiger partial charge in [0.05, 0.1) is 18.2 Å². The van der Waals surface area contributed by atoms with Gasteiger partial charge in [0.1, 0.15) is 5.75 Å². The second kappa shape index (κ2) is 8.31. The summed E-state index contributed by atoms with van der Waals surface area (Å²) in [6.45, 7) is 1.42. The maximum atomic E-state index is 12.5. The van der Waals surface area contributed by atoms with Crippen molar-refractivity contribution >= 4 is 23.3 Å². The lowest BCUT2D eigenvalue weighted by Gasteiger charge is -2.31. The molecule has 4 rings (SSSR count). The number of ether oxygens (including phenoxy) is 1. The monoisotopic (exact) mass is 397 g/mol. The van der Waals surface area contributed by atoms with Crippen LogP contribution in [0.25, 0.3) is 0 Å². The molecule has 0 unspecified atom stereocenters. The molecule has 0 aliphatic carbocycles. The number of nitrogens with one attached hydrogen (secondary N) is 2. The van der Waals surface area contributed by atoms with E-state index in [1.165, 1.54) is 0 Å². The number of amides is 2. The van der Waals surface area contributed by atoms with Crippen molar-refractivity contribution in [1.82, 2.24) is 19.9 Å². The number of nitrogens with zero attached hydrogens (tertiary/aromatic N) is 3. The highest BCUT2D eigenvalue weighted by molar-refractivity contribution is 6.30. The average molecular weight is 398 g/mol. The highest BCUT2D eigenvalue weighted by Crippen LogP contribution is 2.27. The molecule has 0 bridgehead atoms. The molecule has 2 aromatic heterocycles. The SMILES string of the molecule is O=C(Nc1ccc(Oc2ccc(Cl)cc2)nc1)N1CCC(c2cnc[nH]2)CC1. The zero-order chi connectivity index (χ0) is 19.3. The Morgan fingerprint density at radius 3 is 2.57 bits per heavy atom. The number of carbonyl (C=O) groups is 1. The number of carbonyl (C=O) groups excluding carboxylic acids is 1. The topological polar surface area (TPSA) is 83.1 Å². The fraction of sp³-hybridized carbons (Fsp3) is 0.250. The maximum absolute atomic E-state index is 12.5. The van der Waals surface area contributed by atoms with Gasteiger partial charge in [-0.25, -0.2) is 14.8 Å². The van der Waals surface area contributed by atoms with Crippen LogP contribution in [-0.4, -0.2) is 39.0 Å². The number of rotatable bonds is 4. The largest absolute Gasteiger partial charge is 0.439 e. The van der Waals surface area contributed by atoms with Gasteiger partial charge in [0.2, 0.25) is 5.88 Å². The molecule has 8 heteroatoms. The number of likely N-dealkylation sites (tertiary alicyclic amines) is 1. The van der Waals surface area contributed by atoms with Crippen LogP contribution >= 0.6 is 11.6 Å². The molecule has 1 aromatic carbocycles. The minimum Gasteiger partial charge on any atom is -0.439 e. The zero-order valence-corrected chi connectivity index (χ0v) is 15.9. The number of hydrogen-bond donors (Lipinski definition) is 2. The molecule has 0 atom stereocenters. The van der Waals surface area contributed by atoms with Crippen molar-refractivity contribution in [1.29, 1.82) is 0 Å². The number of benzene rings is 1. The van der Waals surface area contributed by atoms with Crippen LogP contribution in [0.4, 0.5) is 10.5 Å². The summed E-state index contributed by atoms with van der Waals surface area (Å²) in [6, 6.07) is 10.4. The number of aromatic amines is 1. The van der Waals surface area contributed by atoms with Crippen LogP contribution in [0, 0.1) is 0 Å². The molecular formula is C20H20ClN5O2. The number of pyridine rings is 1. The van der Waals surface area contributed by atoms with E-state index in [1.807, 2.05) is 11.1 Å². The van der Waals surface area contributed by atoms with Gasteiger partial charge in [-0.2, -0.15) is 0 Å². The van der Waals surface area contributed by atoms with Gasteiger partial charge in [-0.05, 0) is 43.2 Å². The Balaban J connectivity index is 1.29. The van der Waals surface area contributed by atoms with E-state index in [-0.39, 0.29) is 6.03 Å². The predicted molar refractivity (Wildman–Crippen MR) is 107 cm³/mol. The first-order valence-electron chi connectivity index (χ1n) is 9.11. The molecule has 2 N–H and O–H groups in total. The van der Waals surface area contributed by atoms with Gasteiger partial charge in [-0.3, -0.25) is 0 Å². The Labute approximate surface area is 167 Å². The van der Waals surface area contributed by atoms with Gasteiger partial charge >= 0.3 is 6.03 Å². The van der Waals surface area contributed by atoms with Crippen LogP contribution in [0.3, 0.4) is 0 Å². The van der Waals surface area contributed by atoms with Crippen molar-refractivity contribution in [2.75, 3.05) is 18.4 Å². The Morgan fingerprint density at radius 1 is 1.14 bits per heavy atom. The predicted octanol–water partition coefficient (Wildman–Crippen LogP) is 4.66. The fourth-order valence-corrected chi connectivity index (χ4v) is 3.35. The molecule has 144 valence electrons. The Bertz CT molecular complexity index is 905. The third kappa shape index (κ3) is 4.43.